The Hall–Kier alpha value is -2.06. The summed E-state index contributed by atoms with van der Waals surface area (Å²) in [7, 11) is 0. The second-order valence-corrected chi connectivity index (χ2v) is 3.63. The molecule has 0 radical (unpaired) electrons. The number of aromatic nitrogens is 1. The number of amides is 1. The molecule has 1 unspecified atom stereocenters. The molecule has 19 heavy (non-hydrogen) atoms. The van der Waals surface area contributed by atoms with E-state index in [9.17, 15) is 22.4 Å². The fourth-order valence-corrected chi connectivity index (χ4v) is 1.20. The molecule has 0 saturated carbocycles. The fraction of sp³-hybridized carbons (Fsp3) is 0.400. The number of rotatable bonds is 4. The molecule has 0 bridgehead atoms. The minimum absolute atomic E-state index is 0.166. The van der Waals surface area contributed by atoms with Gasteiger partial charge in [0.25, 0.3) is 5.88 Å². The first-order valence-corrected chi connectivity index (χ1v) is 5.03. The minimum Gasteiger partial charge on any atom is -0.466 e. The van der Waals surface area contributed by atoms with E-state index in [2.05, 4.69) is 15.0 Å². The highest BCUT2D eigenvalue weighted by Crippen LogP contribution is 2.21. The van der Waals surface area contributed by atoms with Gasteiger partial charge < -0.3 is 15.2 Å². The Balaban J connectivity index is 2.77. The molecule has 0 aliphatic heterocycles. The third-order valence-electron chi connectivity index (χ3n) is 2.04. The van der Waals surface area contributed by atoms with Crippen LogP contribution in [0.4, 0.5) is 22.4 Å². The highest BCUT2D eigenvalue weighted by Gasteiger charge is 2.29. The number of carbonyl (C=O) groups is 1. The Labute approximate surface area is 105 Å². The lowest BCUT2D eigenvalue weighted by atomic mass is 10.1. The Bertz CT molecular complexity index is 465. The van der Waals surface area contributed by atoms with Crippen LogP contribution < -0.4 is 10.1 Å². The predicted molar refractivity (Wildman–Crippen MR) is 55.3 cm³/mol. The van der Waals surface area contributed by atoms with Crippen molar-refractivity contribution in [3.05, 3.63) is 23.6 Å². The van der Waals surface area contributed by atoms with Crippen LogP contribution >= 0.6 is 0 Å². The second kappa shape index (κ2) is 5.72. The van der Waals surface area contributed by atoms with Gasteiger partial charge in [-0.3, -0.25) is 0 Å². The summed E-state index contributed by atoms with van der Waals surface area (Å²) in [5.74, 6) is -1.88. The Morgan fingerprint density at radius 2 is 2.21 bits per heavy atom. The van der Waals surface area contributed by atoms with Crippen molar-refractivity contribution >= 4 is 6.09 Å². The molecule has 0 fully saturated rings. The van der Waals surface area contributed by atoms with Crippen molar-refractivity contribution in [3.8, 4) is 5.88 Å². The average molecular weight is 282 g/mol. The molecule has 1 aromatic rings. The molecular weight excluding hydrogens is 272 g/mol. The summed E-state index contributed by atoms with van der Waals surface area (Å²) in [5, 5.41) is 10.5. The normalized spacial score (nSPS) is 12.9. The van der Waals surface area contributed by atoms with Crippen molar-refractivity contribution in [2.24, 2.45) is 0 Å². The smallest absolute Gasteiger partial charge is 0.422 e. The summed E-state index contributed by atoms with van der Waals surface area (Å²) in [5.41, 5.74) is 0.166. The highest BCUT2D eigenvalue weighted by molar-refractivity contribution is 5.65. The molecule has 1 amide bonds. The van der Waals surface area contributed by atoms with Crippen LogP contribution in [0.25, 0.3) is 0 Å². The molecule has 2 N–H and O–H groups in total. The van der Waals surface area contributed by atoms with Gasteiger partial charge in [-0.1, -0.05) is 0 Å². The van der Waals surface area contributed by atoms with Crippen LogP contribution in [0.5, 0.6) is 5.88 Å². The van der Waals surface area contributed by atoms with Gasteiger partial charge in [-0.25, -0.2) is 14.2 Å². The van der Waals surface area contributed by atoms with Crippen molar-refractivity contribution < 1.29 is 32.2 Å². The number of nitrogens with one attached hydrogen (secondary N) is 1. The average Bonchev–Trinajstić information content (AvgIpc) is 2.25. The topological polar surface area (TPSA) is 71.5 Å². The van der Waals surface area contributed by atoms with Crippen molar-refractivity contribution in [2.45, 2.75) is 19.1 Å². The lowest BCUT2D eigenvalue weighted by Gasteiger charge is -2.13. The van der Waals surface area contributed by atoms with Crippen LogP contribution in [0.15, 0.2) is 12.3 Å². The molecule has 9 heteroatoms. The van der Waals surface area contributed by atoms with Gasteiger partial charge in [-0.2, -0.15) is 13.2 Å². The van der Waals surface area contributed by atoms with Gasteiger partial charge in [0.2, 0.25) is 0 Å². The fourth-order valence-electron chi connectivity index (χ4n) is 1.20. The third-order valence-corrected chi connectivity index (χ3v) is 2.04. The molecule has 5 nitrogen and oxygen atoms in total. The van der Waals surface area contributed by atoms with Gasteiger partial charge in [0, 0.05) is 6.20 Å². The number of nitrogens with zero attached hydrogens (tertiary/aromatic N) is 1. The lowest BCUT2D eigenvalue weighted by Crippen LogP contribution is -2.25. The maximum atomic E-state index is 13.4. The lowest BCUT2D eigenvalue weighted by molar-refractivity contribution is -0.154. The molecule has 106 valence electrons. The standard InChI is InChI=1S/C10H10F4N2O3/c1-5(16-9(17)18)6-2-7(11)8(15-3-6)19-4-10(12,13)14/h2-3,5,16H,4H2,1H3,(H,17,18). The number of ether oxygens (including phenoxy) is 1. The summed E-state index contributed by atoms with van der Waals surface area (Å²) in [4.78, 5) is 13.8. The van der Waals surface area contributed by atoms with Crippen molar-refractivity contribution in [1.82, 2.24) is 10.3 Å². The van der Waals surface area contributed by atoms with Gasteiger partial charge in [-0.15, -0.1) is 0 Å². The summed E-state index contributed by atoms with van der Waals surface area (Å²) in [6.07, 6.45) is -4.87. The van der Waals surface area contributed by atoms with E-state index in [1.165, 1.54) is 6.92 Å². The van der Waals surface area contributed by atoms with E-state index in [4.69, 9.17) is 5.11 Å². The number of carboxylic acid groups (broad SMARTS) is 1. The second-order valence-electron chi connectivity index (χ2n) is 3.63. The van der Waals surface area contributed by atoms with Crippen LogP contribution in [0, 0.1) is 5.82 Å². The van der Waals surface area contributed by atoms with Crippen LogP contribution in [0.3, 0.4) is 0 Å². The van der Waals surface area contributed by atoms with E-state index in [-0.39, 0.29) is 5.56 Å². The van der Waals surface area contributed by atoms with Crippen LogP contribution in [0.1, 0.15) is 18.5 Å². The first-order valence-electron chi connectivity index (χ1n) is 5.03. The van der Waals surface area contributed by atoms with E-state index >= 15 is 0 Å². The highest BCUT2D eigenvalue weighted by atomic mass is 19.4. The first kappa shape index (κ1) is 15.0. The van der Waals surface area contributed by atoms with E-state index in [1.54, 1.807) is 0 Å². The zero-order valence-corrected chi connectivity index (χ0v) is 9.66. The number of hydrogen-bond donors (Lipinski definition) is 2. The van der Waals surface area contributed by atoms with Gasteiger partial charge >= 0.3 is 12.3 Å². The summed E-state index contributed by atoms with van der Waals surface area (Å²) in [6.45, 7) is -0.222. The number of alkyl halides is 3. The Morgan fingerprint density at radius 1 is 1.58 bits per heavy atom. The van der Waals surface area contributed by atoms with E-state index in [0.29, 0.717) is 0 Å². The van der Waals surface area contributed by atoms with Gasteiger partial charge in [-0.05, 0) is 18.6 Å². The van der Waals surface area contributed by atoms with E-state index in [1.807, 2.05) is 0 Å². The molecule has 0 saturated heterocycles. The SMILES string of the molecule is CC(NC(=O)O)c1cnc(OCC(F)(F)F)c(F)c1. The zero-order chi connectivity index (χ0) is 14.6. The number of hydrogen-bond acceptors (Lipinski definition) is 3. The summed E-state index contributed by atoms with van der Waals surface area (Å²) >= 11 is 0. The molecule has 0 spiro atoms. The molecule has 1 heterocycles. The molecule has 1 aromatic heterocycles. The summed E-state index contributed by atoms with van der Waals surface area (Å²) < 4.78 is 53.2. The van der Waals surface area contributed by atoms with Gasteiger partial charge in [0.15, 0.2) is 12.4 Å². The molecule has 0 aromatic carbocycles. The van der Waals surface area contributed by atoms with Crippen molar-refractivity contribution in [2.75, 3.05) is 6.61 Å². The van der Waals surface area contributed by atoms with Crippen LogP contribution in [0.2, 0.25) is 0 Å². The molecule has 0 aliphatic rings. The molecule has 1 rings (SSSR count). The summed E-state index contributed by atoms with van der Waals surface area (Å²) in [6, 6.07) is 0.107. The molecular formula is C10H10F4N2O3. The first-order chi connectivity index (χ1) is 8.69. The Morgan fingerprint density at radius 3 is 2.68 bits per heavy atom. The Kier molecular flexibility index (Phi) is 4.52. The van der Waals surface area contributed by atoms with E-state index < -0.39 is 36.6 Å². The largest absolute Gasteiger partial charge is 0.466 e. The number of pyridine rings is 1. The minimum atomic E-state index is -4.59. The van der Waals surface area contributed by atoms with Crippen LogP contribution in [-0.2, 0) is 0 Å². The zero-order valence-electron chi connectivity index (χ0n) is 9.66. The molecule has 1 atom stereocenters. The van der Waals surface area contributed by atoms with Crippen molar-refractivity contribution in [3.63, 3.8) is 0 Å². The maximum Gasteiger partial charge on any atom is 0.422 e. The van der Waals surface area contributed by atoms with E-state index in [0.717, 1.165) is 12.3 Å². The quantitative estimate of drug-likeness (QED) is 0.832. The molecule has 0 aliphatic carbocycles. The number of halogens is 4. The van der Waals surface area contributed by atoms with Crippen LogP contribution in [-0.4, -0.2) is 29.0 Å². The predicted octanol–water partition coefficient (Wildman–Crippen LogP) is 2.49. The van der Waals surface area contributed by atoms with Gasteiger partial charge in [0.05, 0.1) is 6.04 Å². The van der Waals surface area contributed by atoms with Gasteiger partial charge in [0.1, 0.15) is 0 Å². The van der Waals surface area contributed by atoms with Crippen molar-refractivity contribution in [1.29, 1.82) is 0 Å². The monoisotopic (exact) mass is 282 g/mol. The maximum absolute atomic E-state index is 13.4. The third kappa shape index (κ3) is 4.98.